The van der Waals surface area contributed by atoms with E-state index in [0.717, 1.165) is 15.1 Å². The van der Waals surface area contributed by atoms with Gasteiger partial charge in [0.1, 0.15) is 10.9 Å². The first-order valence-electron chi connectivity index (χ1n) is 10.0. The SMILES string of the molecule is CN1C(c2ccccc2)=C/C(=C\C=C\c2nc3c(cc(Br)c[n+]3C)s2)c2ccccc21.[I-]. The van der Waals surface area contributed by atoms with Gasteiger partial charge in [0.2, 0.25) is 5.01 Å². The maximum absolute atomic E-state index is 4.78. The lowest BCUT2D eigenvalue weighted by Crippen LogP contribution is -3.00. The molecule has 2 aromatic carbocycles. The second-order valence-corrected chi connectivity index (χ2v) is 9.44. The summed E-state index contributed by atoms with van der Waals surface area (Å²) in [5, 5.41) is 0.994. The van der Waals surface area contributed by atoms with E-state index in [1.165, 1.54) is 32.8 Å². The molecule has 5 rings (SSSR count). The van der Waals surface area contributed by atoms with Crippen LogP contribution in [0, 0.1) is 0 Å². The molecule has 0 unspecified atom stereocenters. The maximum Gasteiger partial charge on any atom is 0.342 e. The number of hydrogen-bond donors (Lipinski definition) is 0. The average Bonchev–Trinajstić information content (AvgIpc) is 3.19. The second kappa shape index (κ2) is 9.68. The fourth-order valence-corrected chi connectivity index (χ4v) is 5.55. The van der Waals surface area contributed by atoms with E-state index < -0.39 is 0 Å². The number of thiazole rings is 1. The molecule has 0 spiro atoms. The molecule has 160 valence electrons. The van der Waals surface area contributed by atoms with E-state index in [1.807, 2.05) is 17.8 Å². The predicted octanol–water partition coefficient (Wildman–Crippen LogP) is 3.48. The van der Waals surface area contributed by atoms with Crippen molar-refractivity contribution < 1.29 is 28.5 Å². The monoisotopic (exact) mass is 613 g/mol. The number of hydrogen-bond acceptors (Lipinski definition) is 3. The number of aryl methyl sites for hydroxylation is 1. The van der Waals surface area contributed by atoms with Crippen LogP contribution in [0.4, 0.5) is 5.69 Å². The summed E-state index contributed by atoms with van der Waals surface area (Å²) in [7, 11) is 4.15. The van der Waals surface area contributed by atoms with Crippen LogP contribution < -0.4 is 33.4 Å². The Bertz CT molecular complexity index is 1370. The molecular formula is C26H21BrIN3S. The fourth-order valence-electron chi connectivity index (χ4n) is 3.89. The molecule has 6 heteroatoms. The summed E-state index contributed by atoms with van der Waals surface area (Å²) < 4.78 is 4.28. The van der Waals surface area contributed by atoms with Crippen LogP contribution in [0.1, 0.15) is 16.1 Å². The molecule has 1 aliphatic heterocycles. The van der Waals surface area contributed by atoms with Gasteiger partial charge in [0.05, 0.1) is 11.5 Å². The van der Waals surface area contributed by atoms with Crippen LogP contribution in [0.2, 0.25) is 0 Å². The van der Waals surface area contributed by atoms with Gasteiger partial charge < -0.3 is 28.9 Å². The van der Waals surface area contributed by atoms with Gasteiger partial charge in [-0.05, 0) is 50.3 Å². The van der Waals surface area contributed by atoms with Gasteiger partial charge in [-0.15, -0.1) is 0 Å². The number of nitrogens with zero attached hydrogens (tertiary/aromatic N) is 3. The minimum Gasteiger partial charge on any atom is -1.00 e. The molecule has 32 heavy (non-hydrogen) atoms. The van der Waals surface area contributed by atoms with Crippen molar-refractivity contribution in [3.63, 3.8) is 0 Å². The normalized spacial score (nSPS) is 14.5. The van der Waals surface area contributed by atoms with Gasteiger partial charge >= 0.3 is 5.65 Å². The Hall–Kier alpha value is -2.29. The number of benzene rings is 2. The lowest BCUT2D eigenvalue weighted by atomic mass is 9.95. The third-order valence-electron chi connectivity index (χ3n) is 5.39. The highest BCUT2D eigenvalue weighted by atomic mass is 127. The number of aromatic nitrogens is 2. The molecule has 4 aromatic rings. The zero-order valence-corrected chi connectivity index (χ0v) is 22.2. The van der Waals surface area contributed by atoms with Gasteiger partial charge in [0.25, 0.3) is 0 Å². The van der Waals surface area contributed by atoms with Gasteiger partial charge in [-0.25, -0.2) is 4.57 Å². The highest BCUT2D eigenvalue weighted by molar-refractivity contribution is 9.10. The second-order valence-electron chi connectivity index (χ2n) is 7.46. The number of pyridine rings is 1. The number of halogens is 2. The van der Waals surface area contributed by atoms with Crippen LogP contribution in [0.15, 0.2) is 89.6 Å². The van der Waals surface area contributed by atoms with E-state index in [4.69, 9.17) is 4.98 Å². The molecular weight excluding hydrogens is 593 g/mol. The average molecular weight is 614 g/mol. The van der Waals surface area contributed by atoms with E-state index in [2.05, 4.69) is 113 Å². The first kappa shape index (κ1) is 22.9. The van der Waals surface area contributed by atoms with E-state index >= 15 is 0 Å². The van der Waals surface area contributed by atoms with Crippen molar-refractivity contribution in [2.24, 2.45) is 7.05 Å². The van der Waals surface area contributed by atoms with Crippen molar-refractivity contribution in [2.75, 3.05) is 11.9 Å². The summed E-state index contributed by atoms with van der Waals surface area (Å²) in [6.07, 6.45) is 10.7. The van der Waals surface area contributed by atoms with E-state index in [-0.39, 0.29) is 24.0 Å². The largest absolute Gasteiger partial charge is 1.00 e. The smallest absolute Gasteiger partial charge is 0.342 e. The molecule has 2 aromatic heterocycles. The van der Waals surface area contributed by atoms with Crippen molar-refractivity contribution in [1.29, 1.82) is 0 Å². The van der Waals surface area contributed by atoms with E-state index in [1.54, 1.807) is 11.3 Å². The van der Waals surface area contributed by atoms with Crippen LogP contribution in [-0.4, -0.2) is 12.0 Å². The quantitative estimate of drug-likeness (QED) is 0.261. The highest BCUT2D eigenvalue weighted by Gasteiger charge is 2.20. The molecule has 0 fully saturated rings. The van der Waals surface area contributed by atoms with E-state index in [0.29, 0.717) is 0 Å². The summed E-state index contributed by atoms with van der Waals surface area (Å²) in [6.45, 7) is 0. The zero-order chi connectivity index (χ0) is 21.4. The van der Waals surface area contributed by atoms with Crippen molar-refractivity contribution in [3.8, 4) is 0 Å². The molecule has 0 saturated carbocycles. The molecule has 0 N–H and O–H groups in total. The first-order valence-corrected chi connectivity index (χ1v) is 11.7. The first-order chi connectivity index (χ1) is 15.1. The van der Waals surface area contributed by atoms with Gasteiger partial charge in [0.15, 0.2) is 0 Å². The van der Waals surface area contributed by atoms with Crippen molar-refractivity contribution in [3.05, 3.63) is 106 Å². The minimum absolute atomic E-state index is 0. The van der Waals surface area contributed by atoms with Crippen molar-refractivity contribution >= 4 is 60.6 Å². The lowest BCUT2D eigenvalue weighted by Gasteiger charge is -2.30. The van der Waals surface area contributed by atoms with E-state index in [9.17, 15) is 0 Å². The Kier molecular flexibility index (Phi) is 6.93. The van der Waals surface area contributed by atoms with Gasteiger partial charge in [-0.1, -0.05) is 72.0 Å². The van der Waals surface area contributed by atoms with Crippen LogP contribution in [0.3, 0.4) is 0 Å². The Morgan fingerprint density at radius 3 is 2.62 bits per heavy atom. The van der Waals surface area contributed by atoms with Crippen LogP contribution in [0.5, 0.6) is 0 Å². The summed E-state index contributed by atoms with van der Waals surface area (Å²) in [5.41, 5.74) is 7.03. The molecule has 3 heterocycles. The van der Waals surface area contributed by atoms with Crippen LogP contribution in [0.25, 0.3) is 27.7 Å². The fraction of sp³-hybridized carbons (Fsp3) is 0.0769. The highest BCUT2D eigenvalue weighted by Crippen LogP contribution is 2.38. The molecule has 0 bridgehead atoms. The number of rotatable bonds is 3. The molecule has 0 saturated heterocycles. The molecule has 1 aliphatic rings. The summed E-state index contributed by atoms with van der Waals surface area (Å²) in [4.78, 5) is 7.04. The molecule has 3 nitrogen and oxygen atoms in total. The van der Waals surface area contributed by atoms with Gasteiger partial charge in [-0.3, -0.25) is 0 Å². The third kappa shape index (κ3) is 4.44. The molecule has 0 aliphatic carbocycles. The Morgan fingerprint density at radius 2 is 1.81 bits per heavy atom. The Balaban J connectivity index is 0.00000245. The predicted molar refractivity (Wildman–Crippen MR) is 135 cm³/mol. The zero-order valence-electron chi connectivity index (χ0n) is 17.7. The standard InChI is InChI=1S/C26H21BrN3S.HI/c1-29-17-20(27)16-24-26(29)28-25(31-24)14-8-11-19-15-23(18-9-4-3-5-10-18)30(2)22-13-7-6-12-21(19)22;/h3-17H,1-2H3;1H/q+1;/p-1. The maximum atomic E-state index is 4.78. The van der Waals surface area contributed by atoms with Crippen molar-refractivity contribution in [1.82, 2.24) is 4.98 Å². The third-order valence-corrected chi connectivity index (χ3v) is 6.78. The molecule has 0 radical (unpaired) electrons. The lowest BCUT2D eigenvalue weighted by molar-refractivity contribution is -0.647. The number of anilines is 1. The summed E-state index contributed by atoms with van der Waals surface area (Å²) in [5.74, 6) is 0. The number of allylic oxidation sites excluding steroid dienone is 4. The summed E-state index contributed by atoms with van der Waals surface area (Å²) >= 11 is 5.26. The summed E-state index contributed by atoms with van der Waals surface area (Å²) in [6, 6.07) is 21.2. The topological polar surface area (TPSA) is 20.0 Å². The number of fused-ring (bicyclic) bond motifs is 2. The van der Waals surface area contributed by atoms with Crippen molar-refractivity contribution in [2.45, 2.75) is 0 Å². The van der Waals surface area contributed by atoms with Gasteiger partial charge in [-0.2, -0.15) is 0 Å². The molecule has 0 atom stereocenters. The number of para-hydroxylation sites is 1. The van der Waals surface area contributed by atoms with Crippen LogP contribution >= 0.6 is 27.3 Å². The minimum atomic E-state index is 0. The Morgan fingerprint density at radius 1 is 1.06 bits per heavy atom. The van der Waals surface area contributed by atoms with Gasteiger partial charge in [0, 0.05) is 30.1 Å². The van der Waals surface area contributed by atoms with Crippen LogP contribution in [-0.2, 0) is 7.05 Å². The Labute approximate surface area is 217 Å². The molecule has 0 amide bonds.